The first-order valence-electron chi connectivity index (χ1n) is 3.98. The summed E-state index contributed by atoms with van der Waals surface area (Å²) in [6.07, 6.45) is 1.74. The molecule has 64 valence electrons. The lowest BCUT2D eigenvalue weighted by atomic mass is 10.2. The van der Waals surface area contributed by atoms with Gasteiger partial charge in [-0.3, -0.25) is 9.48 Å². The number of aryl methyl sites for hydroxylation is 1. The van der Waals surface area contributed by atoms with E-state index < -0.39 is 0 Å². The highest BCUT2D eigenvalue weighted by Gasteiger charge is 2.23. The predicted molar refractivity (Wildman–Crippen MR) is 43.9 cm³/mol. The highest BCUT2D eigenvalue weighted by Crippen LogP contribution is 2.13. The number of hydrogen-bond acceptors (Lipinski definition) is 2. The summed E-state index contributed by atoms with van der Waals surface area (Å²) in [4.78, 5) is 13.3. The molecule has 4 nitrogen and oxygen atoms in total. The fourth-order valence-corrected chi connectivity index (χ4v) is 1.45. The van der Waals surface area contributed by atoms with E-state index in [9.17, 15) is 4.79 Å². The highest BCUT2D eigenvalue weighted by molar-refractivity contribution is 5.94. The number of carbonyl (C=O) groups excluding carboxylic acids is 1. The number of aromatic nitrogens is 2. The molecule has 12 heavy (non-hydrogen) atoms. The van der Waals surface area contributed by atoms with Crippen LogP contribution in [0, 0.1) is 6.92 Å². The molecule has 1 aliphatic heterocycles. The third-order valence-corrected chi connectivity index (χ3v) is 2.22. The van der Waals surface area contributed by atoms with Crippen LogP contribution < -0.4 is 0 Å². The van der Waals surface area contributed by atoms with E-state index in [2.05, 4.69) is 5.10 Å². The number of fused-ring (bicyclic) bond motifs is 1. The van der Waals surface area contributed by atoms with Crippen LogP contribution in [0.2, 0.25) is 0 Å². The second-order valence-electron chi connectivity index (χ2n) is 3.13. The summed E-state index contributed by atoms with van der Waals surface area (Å²) in [5, 5.41) is 4.11. The van der Waals surface area contributed by atoms with Crippen molar-refractivity contribution in [2.75, 3.05) is 13.6 Å². The molecule has 1 aromatic heterocycles. The van der Waals surface area contributed by atoms with E-state index in [4.69, 9.17) is 0 Å². The SMILES string of the molecule is Cc1cnn2c1C(=O)N(C)CC2. The van der Waals surface area contributed by atoms with Crippen LogP contribution in [0.15, 0.2) is 6.20 Å². The lowest BCUT2D eigenvalue weighted by Gasteiger charge is -2.23. The lowest BCUT2D eigenvalue weighted by molar-refractivity contribution is 0.0742. The molecule has 1 aliphatic rings. The summed E-state index contributed by atoms with van der Waals surface area (Å²) in [6.45, 7) is 3.48. The number of likely N-dealkylation sites (N-methyl/N-ethyl adjacent to an activating group) is 1. The molecule has 0 radical (unpaired) electrons. The minimum Gasteiger partial charge on any atom is -0.339 e. The Kier molecular flexibility index (Phi) is 1.43. The molecule has 2 rings (SSSR count). The second kappa shape index (κ2) is 2.33. The number of rotatable bonds is 0. The first kappa shape index (κ1) is 7.34. The van der Waals surface area contributed by atoms with E-state index in [0.717, 1.165) is 24.3 Å². The Bertz CT molecular complexity index is 329. The average molecular weight is 165 g/mol. The largest absolute Gasteiger partial charge is 0.339 e. The van der Waals surface area contributed by atoms with Crippen LogP contribution in [0.5, 0.6) is 0 Å². The van der Waals surface area contributed by atoms with Crippen molar-refractivity contribution in [3.8, 4) is 0 Å². The van der Waals surface area contributed by atoms with Gasteiger partial charge in [-0.1, -0.05) is 0 Å². The number of carbonyl (C=O) groups is 1. The summed E-state index contributed by atoms with van der Waals surface area (Å²) in [5.41, 5.74) is 1.70. The van der Waals surface area contributed by atoms with Crippen molar-refractivity contribution in [2.45, 2.75) is 13.5 Å². The monoisotopic (exact) mass is 165 g/mol. The Morgan fingerprint density at radius 1 is 1.50 bits per heavy atom. The summed E-state index contributed by atoms with van der Waals surface area (Å²) >= 11 is 0. The summed E-state index contributed by atoms with van der Waals surface area (Å²) < 4.78 is 1.78. The van der Waals surface area contributed by atoms with Crippen LogP contribution in [0.1, 0.15) is 16.1 Å². The van der Waals surface area contributed by atoms with Crippen LogP contribution in [0.4, 0.5) is 0 Å². The molecule has 0 unspecified atom stereocenters. The average Bonchev–Trinajstić information content (AvgIpc) is 2.41. The predicted octanol–water partition coefficient (Wildman–Crippen LogP) is 0.277. The van der Waals surface area contributed by atoms with E-state index in [1.807, 2.05) is 14.0 Å². The summed E-state index contributed by atoms with van der Waals surface area (Å²) in [6, 6.07) is 0. The molecule has 0 saturated carbocycles. The molecule has 0 aromatic carbocycles. The molecule has 1 aromatic rings. The Balaban J connectivity index is 2.53. The van der Waals surface area contributed by atoms with E-state index in [-0.39, 0.29) is 5.91 Å². The molecule has 0 bridgehead atoms. The molecular formula is C8H11N3O. The van der Waals surface area contributed by atoms with Gasteiger partial charge in [0.15, 0.2) is 0 Å². The molecule has 1 amide bonds. The van der Waals surface area contributed by atoms with Crippen molar-refractivity contribution in [3.63, 3.8) is 0 Å². The smallest absolute Gasteiger partial charge is 0.272 e. The summed E-state index contributed by atoms with van der Waals surface area (Å²) in [7, 11) is 1.82. The van der Waals surface area contributed by atoms with Crippen molar-refractivity contribution >= 4 is 5.91 Å². The fraction of sp³-hybridized carbons (Fsp3) is 0.500. The number of amides is 1. The molecule has 0 atom stereocenters. The van der Waals surface area contributed by atoms with Crippen molar-refractivity contribution < 1.29 is 4.79 Å². The van der Waals surface area contributed by atoms with Gasteiger partial charge in [-0.2, -0.15) is 5.10 Å². The van der Waals surface area contributed by atoms with Crippen molar-refractivity contribution in [1.82, 2.24) is 14.7 Å². The molecule has 0 aliphatic carbocycles. The molecular weight excluding hydrogens is 154 g/mol. The number of nitrogens with zero attached hydrogens (tertiary/aromatic N) is 3. The van der Waals surface area contributed by atoms with Crippen LogP contribution in [-0.2, 0) is 6.54 Å². The second-order valence-corrected chi connectivity index (χ2v) is 3.13. The first-order chi connectivity index (χ1) is 5.70. The highest BCUT2D eigenvalue weighted by atomic mass is 16.2. The van der Waals surface area contributed by atoms with Gasteiger partial charge in [-0.15, -0.1) is 0 Å². The molecule has 0 saturated heterocycles. The van der Waals surface area contributed by atoms with Crippen molar-refractivity contribution in [1.29, 1.82) is 0 Å². The van der Waals surface area contributed by atoms with E-state index >= 15 is 0 Å². The van der Waals surface area contributed by atoms with Gasteiger partial charge in [0, 0.05) is 13.6 Å². The minimum atomic E-state index is 0.0799. The maximum Gasteiger partial charge on any atom is 0.272 e. The molecule has 2 heterocycles. The maximum absolute atomic E-state index is 11.6. The third-order valence-electron chi connectivity index (χ3n) is 2.22. The van der Waals surface area contributed by atoms with Gasteiger partial charge in [0.2, 0.25) is 0 Å². The van der Waals surface area contributed by atoms with Gasteiger partial charge in [0.25, 0.3) is 5.91 Å². The Labute approximate surface area is 70.8 Å². The van der Waals surface area contributed by atoms with Crippen LogP contribution >= 0.6 is 0 Å². The van der Waals surface area contributed by atoms with Crippen molar-refractivity contribution in [3.05, 3.63) is 17.5 Å². The molecule has 0 N–H and O–H groups in total. The van der Waals surface area contributed by atoms with Gasteiger partial charge < -0.3 is 4.90 Å². The van der Waals surface area contributed by atoms with Crippen LogP contribution in [-0.4, -0.2) is 34.2 Å². The Hall–Kier alpha value is -1.32. The van der Waals surface area contributed by atoms with Gasteiger partial charge in [-0.05, 0) is 12.5 Å². The Morgan fingerprint density at radius 3 is 3.00 bits per heavy atom. The summed E-state index contributed by atoms with van der Waals surface area (Å²) in [5.74, 6) is 0.0799. The molecule has 4 heteroatoms. The van der Waals surface area contributed by atoms with Gasteiger partial charge in [-0.25, -0.2) is 0 Å². The molecule has 0 fully saturated rings. The normalized spacial score (nSPS) is 16.5. The van der Waals surface area contributed by atoms with E-state index in [1.54, 1.807) is 15.8 Å². The topological polar surface area (TPSA) is 38.1 Å². The Morgan fingerprint density at radius 2 is 2.25 bits per heavy atom. The zero-order chi connectivity index (χ0) is 8.72. The van der Waals surface area contributed by atoms with Crippen LogP contribution in [0.25, 0.3) is 0 Å². The lowest BCUT2D eigenvalue weighted by Crippen LogP contribution is -2.37. The number of hydrogen-bond donors (Lipinski definition) is 0. The van der Waals surface area contributed by atoms with Crippen LogP contribution in [0.3, 0.4) is 0 Å². The van der Waals surface area contributed by atoms with Gasteiger partial charge in [0.05, 0.1) is 12.7 Å². The van der Waals surface area contributed by atoms with Gasteiger partial charge >= 0.3 is 0 Å². The van der Waals surface area contributed by atoms with E-state index in [1.165, 1.54) is 0 Å². The zero-order valence-electron chi connectivity index (χ0n) is 7.24. The van der Waals surface area contributed by atoms with E-state index in [0.29, 0.717) is 0 Å². The quantitative estimate of drug-likeness (QED) is 0.553. The molecule has 0 spiro atoms. The minimum absolute atomic E-state index is 0.0799. The zero-order valence-corrected chi connectivity index (χ0v) is 7.24. The first-order valence-corrected chi connectivity index (χ1v) is 3.98. The third kappa shape index (κ3) is 0.841. The standard InChI is InChI=1S/C8H11N3O/c1-6-5-9-11-4-3-10(2)8(12)7(6)11/h5H,3-4H2,1-2H3. The van der Waals surface area contributed by atoms with Crippen molar-refractivity contribution in [2.24, 2.45) is 0 Å². The van der Waals surface area contributed by atoms with Gasteiger partial charge in [0.1, 0.15) is 5.69 Å². The maximum atomic E-state index is 11.6. The fourth-order valence-electron chi connectivity index (χ4n) is 1.45.